The highest BCUT2D eigenvalue weighted by Crippen LogP contribution is 2.40. The zero-order valence-electron chi connectivity index (χ0n) is 11.6. The van der Waals surface area contributed by atoms with Crippen molar-refractivity contribution in [2.45, 2.75) is 39.3 Å². The number of rotatable bonds is 5. The second-order valence-corrected chi connectivity index (χ2v) is 5.99. The van der Waals surface area contributed by atoms with Crippen molar-refractivity contribution >= 4 is 5.91 Å². The number of hydrogen-bond acceptors (Lipinski definition) is 3. The molecule has 1 heterocycles. The highest BCUT2D eigenvalue weighted by atomic mass is 16.5. The van der Waals surface area contributed by atoms with Gasteiger partial charge in [0.15, 0.2) is 0 Å². The first-order chi connectivity index (χ1) is 8.89. The predicted octanol–water partition coefficient (Wildman–Crippen LogP) is 0.996. The minimum atomic E-state index is -0.453. The summed E-state index contributed by atoms with van der Waals surface area (Å²) in [4.78, 5) is 10.6. The molecule has 3 N–H and O–H groups in total. The lowest BCUT2D eigenvalue weighted by Crippen LogP contribution is -2.27. The van der Waals surface area contributed by atoms with Crippen molar-refractivity contribution in [1.29, 1.82) is 0 Å². The number of aromatic nitrogens is 1. The molecule has 0 bridgehead atoms. The van der Waals surface area contributed by atoms with Crippen molar-refractivity contribution < 1.29 is 14.6 Å². The van der Waals surface area contributed by atoms with Gasteiger partial charge in [0.1, 0.15) is 6.61 Å². The first-order valence-corrected chi connectivity index (χ1v) is 6.61. The zero-order valence-corrected chi connectivity index (χ0v) is 11.6. The minimum Gasteiger partial charge on any atom is -0.388 e. The van der Waals surface area contributed by atoms with Gasteiger partial charge in [0.25, 0.3) is 0 Å². The van der Waals surface area contributed by atoms with Crippen molar-refractivity contribution in [3.63, 3.8) is 0 Å². The summed E-state index contributed by atoms with van der Waals surface area (Å²) in [5.41, 5.74) is 7.32. The van der Waals surface area contributed by atoms with Crippen molar-refractivity contribution in [3.8, 4) is 0 Å². The maximum Gasteiger partial charge on any atom is 0.243 e. The van der Waals surface area contributed by atoms with Gasteiger partial charge >= 0.3 is 0 Å². The van der Waals surface area contributed by atoms with Gasteiger partial charge in [-0.2, -0.15) is 0 Å². The third-order valence-corrected chi connectivity index (χ3v) is 3.59. The monoisotopic (exact) mass is 266 g/mol. The zero-order chi connectivity index (χ0) is 14.0. The molecule has 106 valence electrons. The van der Waals surface area contributed by atoms with E-state index in [1.54, 1.807) is 0 Å². The van der Waals surface area contributed by atoms with Crippen LogP contribution in [0, 0.1) is 5.41 Å². The highest BCUT2D eigenvalue weighted by molar-refractivity contribution is 5.74. The molecule has 0 fully saturated rings. The number of primary amides is 1. The van der Waals surface area contributed by atoms with Crippen LogP contribution in [0.15, 0.2) is 12.3 Å². The van der Waals surface area contributed by atoms with E-state index in [2.05, 4.69) is 18.4 Å². The highest BCUT2D eigenvalue weighted by Gasteiger charge is 2.32. The Morgan fingerprint density at radius 3 is 3.05 bits per heavy atom. The number of nitrogens with zero attached hydrogens (tertiary/aromatic N) is 1. The Kier molecular flexibility index (Phi) is 3.96. The van der Waals surface area contributed by atoms with Crippen molar-refractivity contribution in [1.82, 2.24) is 4.57 Å². The Labute approximate surface area is 113 Å². The molecule has 1 aromatic heterocycles. The second-order valence-electron chi connectivity index (χ2n) is 5.99. The Morgan fingerprint density at radius 1 is 1.63 bits per heavy atom. The molecule has 0 aliphatic heterocycles. The number of carbonyl (C=O) groups excluding carboxylic acids is 1. The van der Waals surface area contributed by atoms with Crippen molar-refractivity contribution in [2.24, 2.45) is 11.1 Å². The number of aliphatic hydroxyl groups excluding tert-OH is 1. The van der Waals surface area contributed by atoms with Crippen LogP contribution in [0.3, 0.4) is 0 Å². The second kappa shape index (κ2) is 5.35. The van der Waals surface area contributed by atoms with Gasteiger partial charge in [0.2, 0.25) is 5.91 Å². The molecule has 1 aliphatic rings. The van der Waals surface area contributed by atoms with E-state index in [-0.39, 0.29) is 18.1 Å². The molecule has 2 rings (SSSR count). The van der Waals surface area contributed by atoms with Gasteiger partial charge in [0.05, 0.1) is 12.7 Å². The fraction of sp³-hybridized carbons (Fsp3) is 0.643. The Bertz CT molecular complexity index is 465. The standard InChI is InChI=1S/C14H22N2O3/c1-14(2)7-11-10(12(17)8-14)3-4-16(11)5-6-19-9-13(15)18/h3-4,12,17H,5-9H2,1-2H3,(H2,15,18). The van der Waals surface area contributed by atoms with E-state index in [1.807, 2.05) is 12.3 Å². The average molecular weight is 266 g/mol. The summed E-state index contributed by atoms with van der Waals surface area (Å²) in [6.45, 7) is 5.41. The third kappa shape index (κ3) is 3.36. The summed E-state index contributed by atoms with van der Waals surface area (Å²) in [5.74, 6) is -0.453. The molecule has 5 heteroatoms. The Hall–Kier alpha value is -1.33. The average Bonchev–Trinajstić information content (AvgIpc) is 2.66. The van der Waals surface area contributed by atoms with Crippen molar-refractivity contribution in [2.75, 3.05) is 13.2 Å². The topological polar surface area (TPSA) is 77.5 Å². The molecule has 5 nitrogen and oxygen atoms in total. The van der Waals surface area contributed by atoms with E-state index in [9.17, 15) is 9.90 Å². The van der Waals surface area contributed by atoms with Gasteiger partial charge in [-0.25, -0.2) is 0 Å². The Balaban J connectivity index is 2.02. The lowest BCUT2D eigenvalue weighted by molar-refractivity contribution is -0.122. The van der Waals surface area contributed by atoms with Crippen LogP contribution in [-0.2, 0) is 22.5 Å². The third-order valence-electron chi connectivity index (χ3n) is 3.59. The van der Waals surface area contributed by atoms with Crippen LogP contribution < -0.4 is 5.73 Å². The lowest BCUT2D eigenvalue weighted by Gasteiger charge is -2.34. The van der Waals surface area contributed by atoms with Crippen molar-refractivity contribution in [3.05, 3.63) is 23.5 Å². The molecular formula is C14H22N2O3. The van der Waals surface area contributed by atoms with E-state index in [1.165, 1.54) is 5.69 Å². The predicted molar refractivity (Wildman–Crippen MR) is 71.5 cm³/mol. The van der Waals surface area contributed by atoms with Crippen LogP contribution >= 0.6 is 0 Å². The van der Waals surface area contributed by atoms with E-state index >= 15 is 0 Å². The number of aliphatic hydroxyl groups is 1. The first-order valence-electron chi connectivity index (χ1n) is 6.61. The van der Waals surface area contributed by atoms with Crippen LogP contribution in [0.1, 0.15) is 37.6 Å². The van der Waals surface area contributed by atoms with Gasteiger partial charge < -0.3 is 20.1 Å². The van der Waals surface area contributed by atoms with Crippen LogP contribution in [0.2, 0.25) is 0 Å². The summed E-state index contributed by atoms with van der Waals surface area (Å²) in [6.07, 6.45) is 3.33. The molecule has 19 heavy (non-hydrogen) atoms. The largest absolute Gasteiger partial charge is 0.388 e. The van der Waals surface area contributed by atoms with Crippen LogP contribution in [-0.4, -0.2) is 28.8 Å². The van der Waals surface area contributed by atoms with Gasteiger partial charge in [0, 0.05) is 24.0 Å². The summed E-state index contributed by atoms with van der Waals surface area (Å²) >= 11 is 0. The molecule has 1 aliphatic carbocycles. The molecule has 1 amide bonds. The van der Waals surface area contributed by atoms with Crippen LogP contribution in [0.4, 0.5) is 0 Å². The SMILES string of the molecule is CC1(C)Cc2c(ccn2CCOCC(N)=O)C(O)C1. The van der Waals surface area contributed by atoms with Gasteiger partial charge in [-0.1, -0.05) is 13.8 Å². The van der Waals surface area contributed by atoms with E-state index in [0.717, 1.165) is 18.4 Å². The number of hydrogen-bond donors (Lipinski definition) is 2. The molecule has 1 aromatic rings. The Morgan fingerprint density at radius 2 is 2.37 bits per heavy atom. The summed E-state index contributed by atoms with van der Waals surface area (Å²) < 4.78 is 7.28. The number of fused-ring (bicyclic) bond motifs is 1. The number of nitrogens with two attached hydrogens (primary N) is 1. The molecule has 0 spiro atoms. The normalized spacial score (nSPS) is 21.1. The van der Waals surface area contributed by atoms with Gasteiger partial charge in [-0.15, -0.1) is 0 Å². The number of ether oxygens (including phenoxy) is 1. The van der Waals surface area contributed by atoms with Crippen LogP contribution in [0.5, 0.6) is 0 Å². The molecule has 0 saturated heterocycles. The summed E-state index contributed by atoms with van der Waals surface area (Å²) in [6, 6.07) is 1.98. The number of carbonyl (C=O) groups is 1. The maximum atomic E-state index is 10.6. The van der Waals surface area contributed by atoms with E-state index in [0.29, 0.717) is 13.2 Å². The molecule has 0 saturated carbocycles. The van der Waals surface area contributed by atoms with E-state index < -0.39 is 5.91 Å². The molecule has 1 atom stereocenters. The van der Waals surface area contributed by atoms with Gasteiger partial charge in [-0.3, -0.25) is 4.79 Å². The van der Waals surface area contributed by atoms with E-state index in [4.69, 9.17) is 10.5 Å². The molecular weight excluding hydrogens is 244 g/mol. The minimum absolute atomic E-state index is 0.0441. The number of amides is 1. The summed E-state index contributed by atoms with van der Waals surface area (Å²) in [7, 11) is 0. The van der Waals surface area contributed by atoms with Gasteiger partial charge in [-0.05, 0) is 24.3 Å². The first kappa shape index (κ1) is 14.1. The van der Waals surface area contributed by atoms with Crippen LogP contribution in [0.25, 0.3) is 0 Å². The fourth-order valence-electron chi connectivity index (χ4n) is 2.73. The smallest absolute Gasteiger partial charge is 0.243 e. The molecule has 0 radical (unpaired) electrons. The quantitative estimate of drug-likeness (QED) is 0.780. The maximum absolute atomic E-state index is 10.6. The molecule has 0 aromatic carbocycles. The lowest BCUT2D eigenvalue weighted by atomic mass is 9.75. The summed E-state index contributed by atoms with van der Waals surface area (Å²) in [5, 5.41) is 10.1. The fourth-order valence-corrected chi connectivity index (χ4v) is 2.73. The molecule has 1 unspecified atom stereocenters.